The van der Waals surface area contributed by atoms with E-state index in [0.717, 1.165) is 5.70 Å². The number of ketones is 1. The van der Waals surface area contributed by atoms with E-state index in [1.54, 1.807) is 29.5 Å². The van der Waals surface area contributed by atoms with E-state index in [4.69, 9.17) is 14.2 Å². The van der Waals surface area contributed by atoms with Crippen molar-refractivity contribution in [3.8, 4) is 11.5 Å². The number of esters is 2. The van der Waals surface area contributed by atoms with Gasteiger partial charge in [0, 0.05) is 47.0 Å². The summed E-state index contributed by atoms with van der Waals surface area (Å²) in [6.07, 6.45) is 1.04. The second-order valence-electron chi connectivity index (χ2n) is 8.03. The molecular weight excluding hydrogens is 442 g/mol. The normalized spacial score (nSPS) is 20.2. The monoisotopic (exact) mass is 467 g/mol. The third-order valence-electron chi connectivity index (χ3n) is 5.95. The molecule has 2 aliphatic rings. The van der Waals surface area contributed by atoms with Crippen LogP contribution in [0.2, 0.25) is 0 Å². The van der Waals surface area contributed by atoms with Crippen molar-refractivity contribution in [3.63, 3.8) is 0 Å². The van der Waals surface area contributed by atoms with Gasteiger partial charge in [0.25, 0.3) is 0 Å². The van der Waals surface area contributed by atoms with Gasteiger partial charge in [-0.1, -0.05) is 12.1 Å². The number of hydrogen-bond donors (Lipinski definition) is 1. The fourth-order valence-corrected chi connectivity index (χ4v) is 5.41. The maximum Gasteiger partial charge on any atom is 0.336 e. The van der Waals surface area contributed by atoms with Gasteiger partial charge in [-0.2, -0.15) is 0 Å². The topological polar surface area (TPSA) is 90.9 Å². The maximum atomic E-state index is 13.5. The summed E-state index contributed by atoms with van der Waals surface area (Å²) in [5, 5.41) is 5.33. The molecule has 2 aromatic rings. The Hall–Kier alpha value is -3.39. The summed E-state index contributed by atoms with van der Waals surface area (Å²) in [7, 11) is 2.79. The van der Waals surface area contributed by atoms with Crippen LogP contribution in [0.1, 0.15) is 49.0 Å². The minimum Gasteiger partial charge on any atom is -0.493 e. The highest BCUT2D eigenvalue weighted by atomic mass is 32.1. The standard InChI is InChI=1S/C25H25NO6S/c1-13-22(25(29)31-4)23(15-7-8-19(32-14(2)27)20(12-15)30-3)24-17(26-13)10-16(11-18(24)28)21-6-5-9-33-21/h5-9,12,16,23,26H,10-11H2,1-4H3/t16-,23+/m1/s1. The fourth-order valence-electron chi connectivity index (χ4n) is 4.58. The highest BCUT2D eigenvalue weighted by Crippen LogP contribution is 2.47. The zero-order valence-corrected chi connectivity index (χ0v) is 19.7. The van der Waals surface area contributed by atoms with Gasteiger partial charge in [-0.05, 0) is 42.5 Å². The smallest absolute Gasteiger partial charge is 0.336 e. The zero-order chi connectivity index (χ0) is 23.7. The van der Waals surface area contributed by atoms with E-state index in [2.05, 4.69) is 11.4 Å². The van der Waals surface area contributed by atoms with Crippen LogP contribution in [-0.2, 0) is 19.1 Å². The molecule has 0 saturated heterocycles. The molecule has 0 saturated carbocycles. The second kappa shape index (κ2) is 9.23. The molecule has 33 heavy (non-hydrogen) atoms. The lowest BCUT2D eigenvalue weighted by Gasteiger charge is -2.36. The first-order chi connectivity index (χ1) is 15.8. The molecule has 1 aromatic carbocycles. The number of benzene rings is 1. The van der Waals surface area contributed by atoms with E-state index in [0.29, 0.717) is 41.0 Å². The van der Waals surface area contributed by atoms with Gasteiger partial charge in [-0.25, -0.2) is 4.79 Å². The molecule has 0 amide bonds. The average Bonchev–Trinajstić information content (AvgIpc) is 3.32. The molecular formula is C25H25NO6S. The fraction of sp³-hybridized carbons (Fsp3) is 0.320. The van der Waals surface area contributed by atoms with Gasteiger partial charge in [0.2, 0.25) is 0 Å². The molecule has 0 spiro atoms. The first-order valence-corrected chi connectivity index (χ1v) is 11.4. The van der Waals surface area contributed by atoms with Gasteiger partial charge < -0.3 is 19.5 Å². The molecule has 2 heterocycles. The molecule has 0 bridgehead atoms. The number of dihydropyridines is 1. The Morgan fingerprint density at radius 3 is 2.55 bits per heavy atom. The van der Waals surface area contributed by atoms with Crippen LogP contribution in [0.3, 0.4) is 0 Å². The number of carbonyl (C=O) groups is 3. The Morgan fingerprint density at radius 2 is 1.91 bits per heavy atom. The van der Waals surface area contributed by atoms with Gasteiger partial charge >= 0.3 is 11.9 Å². The minimum atomic E-state index is -0.620. The summed E-state index contributed by atoms with van der Waals surface area (Å²) in [4.78, 5) is 38.9. The summed E-state index contributed by atoms with van der Waals surface area (Å²) in [5.74, 6) is -0.906. The number of methoxy groups -OCH3 is 2. The number of nitrogens with one attached hydrogen (secondary N) is 1. The Bertz CT molecular complexity index is 1180. The zero-order valence-electron chi connectivity index (χ0n) is 18.9. The number of ether oxygens (including phenoxy) is 3. The summed E-state index contributed by atoms with van der Waals surface area (Å²) in [6.45, 7) is 3.12. The number of hydrogen-bond acceptors (Lipinski definition) is 8. The van der Waals surface area contributed by atoms with Crippen molar-refractivity contribution in [1.29, 1.82) is 0 Å². The van der Waals surface area contributed by atoms with Gasteiger partial charge in [-0.15, -0.1) is 11.3 Å². The number of allylic oxidation sites excluding steroid dienone is 3. The Kier molecular flexibility index (Phi) is 6.37. The van der Waals surface area contributed by atoms with Crippen molar-refractivity contribution in [2.75, 3.05) is 14.2 Å². The highest BCUT2D eigenvalue weighted by molar-refractivity contribution is 7.10. The van der Waals surface area contributed by atoms with E-state index >= 15 is 0 Å². The lowest BCUT2D eigenvalue weighted by Crippen LogP contribution is -2.35. The van der Waals surface area contributed by atoms with Crippen molar-refractivity contribution in [2.24, 2.45) is 0 Å². The third kappa shape index (κ3) is 4.30. The van der Waals surface area contributed by atoms with Gasteiger partial charge in [-0.3, -0.25) is 9.59 Å². The van der Waals surface area contributed by atoms with Crippen molar-refractivity contribution < 1.29 is 28.6 Å². The van der Waals surface area contributed by atoms with Crippen LogP contribution >= 0.6 is 11.3 Å². The Labute approximate surface area is 196 Å². The molecule has 4 rings (SSSR count). The van der Waals surface area contributed by atoms with Crippen molar-refractivity contribution in [1.82, 2.24) is 5.32 Å². The van der Waals surface area contributed by atoms with E-state index < -0.39 is 17.9 Å². The Morgan fingerprint density at radius 1 is 1.12 bits per heavy atom. The molecule has 1 aliphatic heterocycles. The summed E-state index contributed by atoms with van der Waals surface area (Å²) < 4.78 is 15.7. The predicted molar refractivity (Wildman–Crippen MR) is 123 cm³/mol. The third-order valence-corrected chi connectivity index (χ3v) is 6.99. The lowest BCUT2D eigenvalue weighted by atomic mass is 9.72. The number of carbonyl (C=O) groups excluding carboxylic acids is 3. The van der Waals surface area contributed by atoms with Crippen LogP contribution in [0.4, 0.5) is 0 Å². The van der Waals surface area contributed by atoms with Crippen molar-refractivity contribution in [3.05, 3.63) is 68.7 Å². The lowest BCUT2D eigenvalue weighted by molar-refractivity contribution is -0.136. The van der Waals surface area contributed by atoms with Crippen LogP contribution in [0.25, 0.3) is 0 Å². The summed E-state index contributed by atoms with van der Waals surface area (Å²) in [6, 6.07) is 9.10. The van der Waals surface area contributed by atoms with Gasteiger partial charge in [0.05, 0.1) is 19.8 Å². The van der Waals surface area contributed by atoms with Crippen LogP contribution < -0.4 is 14.8 Å². The quantitative estimate of drug-likeness (QED) is 0.520. The molecule has 1 aliphatic carbocycles. The first-order valence-electron chi connectivity index (χ1n) is 10.6. The maximum absolute atomic E-state index is 13.5. The SMILES string of the molecule is COC(=O)C1=C(C)NC2=C(C(=O)C[C@H](c3cccs3)C2)[C@H]1c1ccc(OC(C)=O)c(OC)c1. The number of thiophene rings is 1. The van der Waals surface area contributed by atoms with Crippen molar-refractivity contribution >= 4 is 29.1 Å². The molecule has 2 atom stereocenters. The molecule has 7 nitrogen and oxygen atoms in total. The first kappa shape index (κ1) is 22.8. The van der Waals surface area contributed by atoms with Crippen molar-refractivity contribution in [2.45, 2.75) is 38.5 Å². The number of rotatable bonds is 5. The number of Topliss-reactive ketones (excluding diaryl/α,β-unsaturated/α-hetero) is 1. The second-order valence-corrected chi connectivity index (χ2v) is 9.01. The van der Waals surface area contributed by atoms with Crippen LogP contribution in [-0.4, -0.2) is 31.9 Å². The van der Waals surface area contributed by atoms with Crippen LogP contribution in [0, 0.1) is 0 Å². The molecule has 1 aromatic heterocycles. The molecule has 0 unspecified atom stereocenters. The summed E-state index contributed by atoms with van der Waals surface area (Å²) >= 11 is 1.64. The summed E-state index contributed by atoms with van der Waals surface area (Å²) in [5.41, 5.74) is 3.09. The largest absolute Gasteiger partial charge is 0.493 e. The highest BCUT2D eigenvalue weighted by Gasteiger charge is 2.41. The van der Waals surface area contributed by atoms with E-state index in [9.17, 15) is 14.4 Å². The minimum absolute atomic E-state index is 0.0101. The molecule has 172 valence electrons. The van der Waals surface area contributed by atoms with E-state index in [-0.39, 0.29) is 17.5 Å². The van der Waals surface area contributed by atoms with Crippen LogP contribution in [0.5, 0.6) is 11.5 Å². The average molecular weight is 468 g/mol. The van der Waals surface area contributed by atoms with E-state index in [1.807, 2.05) is 18.4 Å². The Balaban J connectivity index is 1.83. The van der Waals surface area contributed by atoms with Gasteiger partial charge in [0.1, 0.15) is 0 Å². The molecule has 1 N–H and O–H groups in total. The molecule has 0 fully saturated rings. The molecule has 8 heteroatoms. The van der Waals surface area contributed by atoms with Crippen LogP contribution in [0.15, 0.2) is 58.3 Å². The molecule has 0 radical (unpaired) electrons. The predicted octanol–water partition coefficient (Wildman–Crippen LogP) is 4.22. The van der Waals surface area contributed by atoms with E-state index in [1.165, 1.54) is 26.0 Å². The van der Waals surface area contributed by atoms with Gasteiger partial charge in [0.15, 0.2) is 17.3 Å².